The van der Waals surface area contributed by atoms with Crippen molar-refractivity contribution in [3.8, 4) is 5.75 Å². The molecule has 36 heavy (non-hydrogen) atoms. The van der Waals surface area contributed by atoms with E-state index in [9.17, 15) is 22.8 Å². The van der Waals surface area contributed by atoms with Gasteiger partial charge in [0.2, 0.25) is 0 Å². The van der Waals surface area contributed by atoms with Crippen LogP contribution in [-0.2, 0) is 12.7 Å². The van der Waals surface area contributed by atoms with E-state index in [4.69, 9.17) is 4.74 Å². The number of urea groups is 1. The second kappa shape index (κ2) is 10.3. The van der Waals surface area contributed by atoms with Crippen molar-refractivity contribution < 1.29 is 27.5 Å². The van der Waals surface area contributed by atoms with Crippen molar-refractivity contribution in [1.82, 2.24) is 4.90 Å². The lowest BCUT2D eigenvalue weighted by Crippen LogP contribution is -2.49. The van der Waals surface area contributed by atoms with Gasteiger partial charge in [-0.15, -0.1) is 0 Å². The smallest absolute Gasteiger partial charge is 0.416 e. The first-order valence-electron chi connectivity index (χ1n) is 11.4. The van der Waals surface area contributed by atoms with Crippen LogP contribution in [-0.4, -0.2) is 37.0 Å². The standard InChI is InChI=1S/C27H26F3N3O3/c1-18-6-3-7-19(14-18)17-32-12-5-13-33(26(32)35)23-16-22(10-11-24(23)36-2)31-25(34)20-8-4-9-21(15-20)27(28,29)30/h3-4,6-11,14-16H,5,12-13,17H2,1-2H3,(H,31,34). The first kappa shape index (κ1) is 25.1. The van der Waals surface area contributed by atoms with Crippen LogP contribution in [0.15, 0.2) is 66.7 Å². The summed E-state index contributed by atoms with van der Waals surface area (Å²) in [5, 5.41) is 2.63. The molecule has 0 radical (unpaired) electrons. The molecule has 6 nitrogen and oxygen atoms in total. The topological polar surface area (TPSA) is 61.9 Å². The molecule has 0 saturated carbocycles. The maximum atomic E-state index is 13.4. The highest BCUT2D eigenvalue weighted by Gasteiger charge is 2.31. The Kier molecular flexibility index (Phi) is 7.19. The lowest BCUT2D eigenvalue weighted by atomic mass is 10.1. The lowest BCUT2D eigenvalue weighted by molar-refractivity contribution is -0.137. The van der Waals surface area contributed by atoms with Crippen LogP contribution in [0, 0.1) is 6.92 Å². The summed E-state index contributed by atoms with van der Waals surface area (Å²) in [6, 6.07) is 16.8. The number of carbonyl (C=O) groups is 2. The van der Waals surface area contributed by atoms with Crippen LogP contribution in [0.25, 0.3) is 0 Å². The molecule has 1 heterocycles. The van der Waals surface area contributed by atoms with Crippen molar-refractivity contribution in [3.63, 3.8) is 0 Å². The van der Waals surface area contributed by atoms with Gasteiger partial charge in [0, 0.05) is 30.9 Å². The molecule has 0 atom stereocenters. The molecule has 3 aromatic rings. The minimum absolute atomic E-state index is 0.124. The molecule has 0 aromatic heterocycles. The summed E-state index contributed by atoms with van der Waals surface area (Å²) in [7, 11) is 1.48. The summed E-state index contributed by atoms with van der Waals surface area (Å²) >= 11 is 0. The average Bonchev–Trinajstić information content (AvgIpc) is 2.85. The van der Waals surface area contributed by atoms with E-state index in [0.29, 0.717) is 36.8 Å². The van der Waals surface area contributed by atoms with Crippen LogP contribution in [0.2, 0.25) is 0 Å². The molecular formula is C27H26F3N3O3. The second-order valence-corrected chi connectivity index (χ2v) is 8.62. The van der Waals surface area contributed by atoms with Gasteiger partial charge in [-0.2, -0.15) is 13.2 Å². The Labute approximate surface area is 207 Å². The minimum Gasteiger partial charge on any atom is -0.495 e. The van der Waals surface area contributed by atoms with Gasteiger partial charge in [-0.05, 0) is 55.3 Å². The summed E-state index contributed by atoms with van der Waals surface area (Å²) in [6.45, 7) is 3.53. The summed E-state index contributed by atoms with van der Waals surface area (Å²) in [6.07, 6.45) is -3.82. The fourth-order valence-electron chi connectivity index (χ4n) is 4.20. The summed E-state index contributed by atoms with van der Waals surface area (Å²) in [5.41, 5.74) is 1.91. The normalized spacial score (nSPS) is 14.1. The second-order valence-electron chi connectivity index (χ2n) is 8.62. The zero-order valence-corrected chi connectivity index (χ0v) is 19.9. The van der Waals surface area contributed by atoms with Gasteiger partial charge in [-0.1, -0.05) is 35.9 Å². The van der Waals surface area contributed by atoms with E-state index >= 15 is 0 Å². The SMILES string of the molecule is COc1ccc(NC(=O)c2cccc(C(F)(F)F)c2)cc1N1CCCN(Cc2cccc(C)c2)C1=O. The van der Waals surface area contributed by atoms with Crippen LogP contribution < -0.4 is 15.0 Å². The summed E-state index contributed by atoms with van der Waals surface area (Å²) in [4.78, 5) is 29.4. The summed E-state index contributed by atoms with van der Waals surface area (Å²) < 4.78 is 44.6. The highest BCUT2D eigenvalue weighted by molar-refractivity contribution is 6.05. The Morgan fingerprint density at radius 3 is 2.53 bits per heavy atom. The van der Waals surface area contributed by atoms with Crippen molar-refractivity contribution in [2.24, 2.45) is 0 Å². The Balaban J connectivity index is 1.56. The largest absolute Gasteiger partial charge is 0.495 e. The van der Waals surface area contributed by atoms with E-state index in [2.05, 4.69) is 5.32 Å². The van der Waals surface area contributed by atoms with Crippen molar-refractivity contribution >= 4 is 23.3 Å². The number of amides is 3. The van der Waals surface area contributed by atoms with Crippen LogP contribution in [0.4, 0.5) is 29.3 Å². The molecule has 1 fully saturated rings. The number of nitrogens with one attached hydrogen (secondary N) is 1. The number of aryl methyl sites for hydroxylation is 1. The average molecular weight is 498 g/mol. The molecule has 1 aliphatic rings. The first-order valence-corrected chi connectivity index (χ1v) is 11.4. The molecule has 4 rings (SSSR count). The number of hydrogen-bond acceptors (Lipinski definition) is 3. The molecular weight excluding hydrogens is 471 g/mol. The van der Waals surface area contributed by atoms with Gasteiger partial charge in [0.05, 0.1) is 18.4 Å². The number of carbonyl (C=O) groups excluding carboxylic acids is 2. The van der Waals surface area contributed by atoms with E-state index in [-0.39, 0.29) is 11.6 Å². The molecule has 3 aromatic carbocycles. The summed E-state index contributed by atoms with van der Waals surface area (Å²) in [5.74, 6) is -0.249. The number of ether oxygens (including phenoxy) is 1. The van der Waals surface area contributed by atoms with Crippen molar-refractivity contribution in [2.45, 2.75) is 26.1 Å². The van der Waals surface area contributed by atoms with Gasteiger partial charge in [0.25, 0.3) is 5.91 Å². The van der Waals surface area contributed by atoms with Crippen LogP contribution in [0.5, 0.6) is 5.75 Å². The molecule has 0 bridgehead atoms. The molecule has 0 aliphatic carbocycles. The first-order chi connectivity index (χ1) is 17.2. The third kappa shape index (κ3) is 5.62. The van der Waals surface area contributed by atoms with Gasteiger partial charge >= 0.3 is 12.2 Å². The number of alkyl halides is 3. The molecule has 0 spiro atoms. The Morgan fingerprint density at radius 2 is 1.81 bits per heavy atom. The zero-order valence-electron chi connectivity index (χ0n) is 19.9. The number of hydrogen-bond donors (Lipinski definition) is 1. The van der Waals surface area contributed by atoms with Crippen molar-refractivity contribution in [1.29, 1.82) is 0 Å². The monoisotopic (exact) mass is 497 g/mol. The predicted octanol–water partition coefficient (Wildman–Crippen LogP) is 6.11. The Bertz CT molecular complexity index is 1280. The predicted molar refractivity (Wildman–Crippen MR) is 131 cm³/mol. The van der Waals surface area contributed by atoms with E-state index in [1.807, 2.05) is 31.2 Å². The molecule has 1 saturated heterocycles. The Hall–Kier alpha value is -4.01. The van der Waals surface area contributed by atoms with Crippen LogP contribution in [0.3, 0.4) is 0 Å². The molecule has 188 valence electrons. The quantitative estimate of drug-likeness (QED) is 0.447. The van der Waals surface area contributed by atoms with Crippen molar-refractivity contribution in [2.75, 3.05) is 30.4 Å². The number of anilines is 2. The highest BCUT2D eigenvalue weighted by Crippen LogP contribution is 2.34. The number of halogens is 3. The van der Waals surface area contributed by atoms with Gasteiger partial charge in [0.15, 0.2) is 0 Å². The van der Waals surface area contributed by atoms with Gasteiger partial charge < -0.3 is 15.0 Å². The molecule has 1 aliphatic heterocycles. The number of rotatable bonds is 6. The van der Waals surface area contributed by atoms with Crippen LogP contribution in [0.1, 0.15) is 33.5 Å². The third-order valence-electron chi connectivity index (χ3n) is 5.95. The molecule has 3 amide bonds. The number of nitrogens with zero attached hydrogens (tertiary/aromatic N) is 2. The zero-order chi connectivity index (χ0) is 25.9. The van der Waals surface area contributed by atoms with E-state index < -0.39 is 17.6 Å². The molecule has 1 N–H and O–H groups in total. The van der Waals surface area contributed by atoms with Crippen LogP contribution >= 0.6 is 0 Å². The minimum atomic E-state index is -4.55. The van der Waals surface area contributed by atoms with Gasteiger partial charge in [-0.3, -0.25) is 9.69 Å². The van der Waals surface area contributed by atoms with Gasteiger partial charge in [-0.25, -0.2) is 4.79 Å². The van der Waals surface area contributed by atoms with Crippen molar-refractivity contribution in [3.05, 3.63) is 89.0 Å². The van der Waals surface area contributed by atoms with E-state index in [1.165, 1.54) is 19.2 Å². The maximum Gasteiger partial charge on any atom is 0.416 e. The van der Waals surface area contributed by atoms with E-state index in [0.717, 1.165) is 29.7 Å². The number of methoxy groups -OCH3 is 1. The Morgan fingerprint density at radius 1 is 1.03 bits per heavy atom. The molecule has 9 heteroatoms. The fraction of sp³-hybridized carbons (Fsp3) is 0.259. The molecule has 0 unspecified atom stereocenters. The highest BCUT2D eigenvalue weighted by atomic mass is 19.4. The third-order valence-corrected chi connectivity index (χ3v) is 5.95. The number of benzene rings is 3. The maximum absolute atomic E-state index is 13.4. The lowest BCUT2D eigenvalue weighted by Gasteiger charge is -2.36. The van der Waals surface area contributed by atoms with E-state index in [1.54, 1.807) is 28.0 Å². The fourth-order valence-corrected chi connectivity index (χ4v) is 4.20. The van der Waals surface area contributed by atoms with Gasteiger partial charge in [0.1, 0.15) is 5.75 Å².